The highest BCUT2D eigenvalue weighted by Crippen LogP contribution is 2.09. The lowest BCUT2D eigenvalue weighted by Crippen LogP contribution is -2.48. The third-order valence-corrected chi connectivity index (χ3v) is 4.41. The summed E-state index contributed by atoms with van der Waals surface area (Å²) in [4.78, 5) is 15.7. The first kappa shape index (κ1) is 14.9. The molecule has 18 heavy (non-hydrogen) atoms. The van der Waals surface area contributed by atoms with E-state index in [9.17, 15) is 13.2 Å². The molecule has 7 heteroatoms. The van der Waals surface area contributed by atoms with Crippen molar-refractivity contribution in [2.75, 3.05) is 20.6 Å². The van der Waals surface area contributed by atoms with E-state index >= 15 is 0 Å². The summed E-state index contributed by atoms with van der Waals surface area (Å²) < 4.78 is 26.4. The second kappa shape index (κ2) is 5.21. The minimum atomic E-state index is -3.78. The quantitative estimate of drug-likeness (QED) is 0.791. The molecule has 0 bridgehead atoms. The van der Waals surface area contributed by atoms with Crippen molar-refractivity contribution >= 4 is 10.0 Å². The van der Waals surface area contributed by atoms with E-state index < -0.39 is 15.5 Å². The van der Waals surface area contributed by atoms with Gasteiger partial charge in [-0.05, 0) is 27.9 Å². The van der Waals surface area contributed by atoms with Gasteiger partial charge in [-0.25, -0.2) is 13.1 Å². The van der Waals surface area contributed by atoms with Crippen molar-refractivity contribution in [3.63, 3.8) is 0 Å². The standard InChI is InChI=1S/C11H19N3O3S/c1-11(2,14(3)4)8-13-18(16,17)10-7-12-6-5-9(10)15/h5-7,13H,8H2,1-4H3,(H,12,15). The van der Waals surface area contributed by atoms with E-state index in [1.165, 1.54) is 18.5 Å². The Morgan fingerprint density at radius 2 is 2.00 bits per heavy atom. The van der Waals surface area contributed by atoms with Crippen LogP contribution in [0.5, 0.6) is 0 Å². The van der Waals surface area contributed by atoms with Crippen LogP contribution in [0.4, 0.5) is 0 Å². The van der Waals surface area contributed by atoms with Gasteiger partial charge in [0, 0.05) is 30.5 Å². The number of nitrogens with zero attached hydrogens (tertiary/aromatic N) is 1. The molecular weight excluding hydrogens is 254 g/mol. The van der Waals surface area contributed by atoms with Crippen molar-refractivity contribution in [2.24, 2.45) is 0 Å². The molecule has 1 aromatic heterocycles. The van der Waals surface area contributed by atoms with E-state index in [0.717, 1.165) is 0 Å². The SMILES string of the molecule is CN(C)C(C)(C)CNS(=O)(=O)c1c[nH]ccc1=O. The van der Waals surface area contributed by atoms with Gasteiger partial charge in [0.2, 0.25) is 15.5 Å². The molecule has 6 nitrogen and oxygen atoms in total. The number of aromatic nitrogens is 1. The van der Waals surface area contributed by atoms with Crippen LogP contribution in [-0.2, 0) is 10.0 Å². The normalized spacial score (nSPS) is 12.9. The summed E-state index contributed by atoms with van der Waals surface area (Å²) in [5.74, 6) is 0. The van der Waals surface area contributed by atoms with E-state index in [0.29, 0.717) is 0 Å². The molecule has 1 heterocycles. The molecule has 2 N–H and O–H groups in total. The van der Waals surface area contributed by atoms with Crippen LogP contribution in [0.1, 0.15) is 13.8 Å². The first-order chi connectivity index (χ1) is 8.17. The lowest BCUT2D eigenvalue weighted by molar-refractivity contribution is 0.199. The van der Waals surface area contributed by atoms with E-state index in [1.54, 1.807) is 0 Å². The maximum absolute atomic E-state index is 12.0. The summed E-state index contributed by atoms with van der Waals surface area (Å²) in [6.45, 7) is 4.03. The third-order valence-electron chi connectivity index (χ3n) is 2.98. The van der Waals surface area contributed by atoms with Crippen molar-refractivity contribution < 1.29 is 8.42 Å². The average molecular weight is 273 g/mol. The maximum Gasteiger partial charge on any atom is 0.245 e. The summed E-state index contributed by atoms with van der Waals surface area (Å²) in [6, 6.07) is 1.19. The largest absolute Gasteiger partial charge is 0.366 e. The molecule has 0 aliphatic heterocycles. The van der Waals surface area contributed by atoms with Gasteiger partial charge in [-0.3, -0.25) is 4.79 Å². The lowest BCUT2D eigenvalue weighted by Gasteiger charge is -2.32. The topological polar surface area (TPSA) is 82.3 Å². The molecular formula is C11H19N3O3S. The number of hydrogen-bond acceptors (Lipinski definition) is 4. The van der Waals surface area contributed by atoms with Gasteiger partial charge in [-0.1, -0.05) is 0 Å². The van der Waals surface area contributed by atoms with E-state index in [4.69, 9.17) is 0 Å². The van der Waals surface area contributed by atoms with Gasteiger partial charge in [-0.2, -0.15) is 0 Å². The van der Waals surface area contributed by atoms with Crippen molar-refractivity contribution in [2.45, 2.75) is 24.3 Å². The van der Waals surface area contributed by atoms with Gasteiger partial charge in [0.25, 0.3) is 0 Å². The van der Waals surface area contributed by atoms with Gasteiger partial charge >= 0.3 is 0 Å². The van der Waals surface area contributed by atoms with Crippen LogP contribution in [-0.4, -0.2) is 44.5 Å². The Bertz CT molecular complexity index is 561. The zero-order chi connectivity index (χ0) is 14.0. The molecule has 0 fully saturated rings. The first-order valence-electron chi connectivity index (χ1n) is 5.51. The minimum Gasteiger partial charge on any atom is -0.366 e. The van der Waals surface area contributed by atoms with Crippen LogP contribution in [0.2, 0.25) is 0 Å². The smallest absolute Gasteiger partial charge is 0.245 e. The van der Waals surface area contributed by atoms with Crippen molar-refractivity contribution in [1.29, 1.82) is 0 Å². The molecule has 1 rings (SSSR count). The Morgan fingerprint density at radius 3 is 2.50 bits per heavy atom. The molecule has 1 aromatic rings. The van der Waals surface area contributed by atoms with E-state index in [2.05, 4.69) is 9.71 Å². The molecule has 102 valence electrons. The minimum absolute atomic E-state index is 0.219. The van der Waals surface area contributed by atoms with Crippen LogP contribution >= 0.6 is 0 Å². The van der Waals surface area contributed by atoms with Gasteiger partial charge < -0.3 is 9.88 Å². The van der Waals surface area contributed by atoms with Gasteiger partial charge in [0.05, 0.1) is 0 Å². The molecule has 0 aliphatic rings. The fourth-order valence-electron chi connectivity index (χ4n) is 1.12. The van der Waals surface area contributed by atoms with Gasteiger partial charge in [0.1, 0.15) is 4.90 Å². The second-order valence-electron chi connectivity index (χ2n) is 4.90. The van der Waals surface area contributed by atoms with E-state index in [-0.39, 0.29) is 17.0 Å². The molecule has 0 atom stereocenters. The Morgan fingerprint density at radius 1 is 1.39 bits per heavy atom. The number of aromatic amines is 1. The number of pyridine rings is 1. The zero-order valence-corrected chi connectivity index (χ0v) is 11.8. The predicted octanol–water partition coefficient (Wildman–Crippen LogP) is -0.00660. The molecule has 0 saturated carbocycles. The highest BCUT2D eigenvalue weighted by atomic mass is 32.2. The monoisotopic (exact) mass is 273 g/mol. The average Bonchev–Trinajstić information content (AvgIpc) is 2.27. The third kappa shape index (κ3) is 3.41. The Balaban J connectivity index is 2.92. The lowest BCUT2D eigenvalue weighted by atomic mass is 10.1. The van der Waals surface area contributed by atoms with Crippen molar-refractivity contribution in [3.8, 4) is 0 Å². The van der Waals surface area contributed by atoms with Crippen LogP contribution < -0.4 is 10.2 Å². The molecule has 0 unspecified atom stereocenters. The highest BCUT2D eigenvalue weighted by molar-refractivity contribution is 7.89. The molecule has 0 spiro atoms. The fraction of sp³-hybridized carbons (Fsp3) is 0.545. The number of sulfonamides is 1. The maximum atomic E-state index is 12.0. The van der Waals surface area contributed by atoms with Crippen LogP contribution in [0.25, 0.3) is 0 Å². The Kier molecular flexibility index (Phi) is 4.31. The summed E-state index contributed by atoms with van der Waals surface area (Å²) in [5, 5.41) is 0. The van der Waals surface area contributed by atoms with Crippen LogP contribution in [0, 0.1) is 0 Å². The predicted molar refractivity (Wildman–Crippen MR) is 70.0 cm³/mol. The summed E-state index contributed by atoms with van der Waals surface area (Å²) in [5.41, 5.74) is -0.863. The van der Waals surface area contributed by atoms with Crippen LogP contribution in [0.3, 0.4) is 0 Å². The summed E-state index contributed by atoms with van der Waals surface area (Å²) in [6.07, 6.45) is 2.58. The number of nitrogens with one attached hydrogen (secondary N) is 2. The first-order valence-corrected chi connectivity index (χ1v) is 6.99. The van der Waals surface area contributed by atoms with Crippen molar-refractivity contribution in [1.82, 2.24) is 14.6 Å². The molecule has 0 amide bonds. The van der Waals surface area contributed by atoms with E-state index in [1.807, 2.05) is 32.8 Å². The van der Waals surface area contributed by atoms with Crippen LogP contribution in [0.15, 0.2) is 28.2 Å². The molecule has 0 radical (unpaired) electrons. The zero-order valence-electron chi connectivity index (χ0n) is 11.0. The highest BCUT2D eigenvalue weighted by Gasteiger charge is 2.25. The van der Waals surface area contributed by atoms with Gasteiger partial charge in [0.15, 0.2) is 0 Å². The molecule has 0 aromatic carbocycles. The second-order valence-corrected chi connectivity index (χ2v) is 6.64. The van der Waals surface area contributed by atoms with Crippen molar-refractivity contribution in [3.05, 3.63) is 28.7 Å². The Labute approximate surface area is 107 Å². The van der Waals surface area contributed by atoms with Gasteiger partial charge in [-0.15, -0.1) is 0 Å². The number of rotatable bonds is 5. The summed E-state index contributed by atoms with van der Waals surface area (Å²) in [7, 11) is -0.0487. The number of H-pyrrole nitrogens is 1. The fourth-order valence-corrected chi connectivity index (χ4v) is 2.37. The number of likely N-dealkylation sites (N-methyl/N-ethyl adjacent to an activating group) is 1. The number of hydrogen-bond donors (Lipinski definition) is 2. The molecule has 0 aliphatic carbocycles. The molecule has 0 saturated heterocycles. The Hall–Kier alpha value is -1.18. The summed E-state index contributed by atoms with van der Waals surface area (Å²) >= 11 is 0.